The van der Waals surface area contributed by atoms with Crippen molar-refractivity contribution in [3.8, 4) is 6.07 Å². The Morgan fingerprint density at radius 2 is 2.11 bits per heavy atom. The monoisotopic (exact) mass is 276 g/mol. The summed E-state index contributed by atoms with van der Waals surface area (Å²) < 4.78 is 0. The van der Waals surface area contributed by atoms with Gasteiger partial charge in [-0.2, -0.15) is 5.26 Å². The minimum atomic E-state index is 0.514. The van der Waals surface area contributed by atoms with Crippen LogP contribution in [0.4, 0.5) is 5.69 Å². The van der Waals surface area contributed by atoms with Crippen molar-refractivity contribution in [1.82, 2.24) is 4.98 Å². The summed E-state index contributed by atoms with van der Waals surface area (Å²) >= 11 is 1.50. The van der Waals surface area contributed by atoms with Gasteiger partial charge in [0.15, 0.2) is 0 Å². The normalized spacial score (nSPS) is 22.8. The first-order chi connectivity index (χ1) is 9.15. The lowest BCUT2D eigenvalue weighted by Gasteiger charge is -2.35. The molecule has 0 saturated heterocycles. The lowest BCUT2D eigenvalue weighted by atomic mass is 9.93. The summed E-state index contributed by atoms with van der Waals surface area (Å²) in [4.78, 5) is 6.51. The first kappa shape index (κ1) is 14.2. The summed E-state index contributed by atoms with van der Waals surface area (Å²) in [6.45, 7) is 1.94. The zero-order chi connectivity index (χ0) is 13.8. The van der Waals surface area contributed by atoms with Crippen molar-refractivity contribution in [3.05, 3.63) is 23.5 Å². The molecule has 4 nitrogen and oxygen atoms in total. The number of hydrogen-bond donors (Lipinski definition) is 1. The van der Waals surface area contributed by atoms with Gasteiger partial charge < -0.3 is 4.90 Å². The average Bonchev–Trinajstić information content (AvgIpc) is 2.46. The number of nitrogens with zero attached hydrogens (tertiary/aromatic N) is 3. The van der Waals surface area contributed by atoms with E-state index >= 15 is 0 Å². The molecule has 0 radical (unpaired) electrons. The fraction of sp³-hybridized carbons (Fsp3) is 0.571. The Bertz CT molecular complexity index is 475. The summed E-state index contributed by atoms with van der Waals surface area (Å²) in [5.41, 5.74) is 2.55. The molecule has 0 bridgehead atoms. The average molecular weight is 276 g/mol. The van der Waals surface area contributed by atoms with E-state index in [1.807, 2.05) is 6.92 Å². The molecule has 1 fully saturated rings. The molecule has 0 aromatic carbocycles. The van der Waals surface area contributed by atoms with E-state index in [9.17, 15) is 0 Å². The number of nitriles is 1. The standard InChI is InChI=1S/C14H20N4S/c1-10-7-12(9-17-14(10)8-15)18(2)11-3-5-13(19-16)6-4-11/h7,9,11,13H,3-6,16H2,1-2H3. The third-order valence-corrected chi connectivity index (χ3v) is 4.82. The molecule has 1 aliphatic rings. The molecule has 0 spiro atoms. The maximum atomic E-state index is 8.91. The van der Waals surface area contributed by atoms with E-state index in [0.29, 0.717) is 17.0 Å². The molecule has 1 heterocycles. The fourth-order valence-electron chi connectivity index (χ4n) is 2.65. The van der Waals surface area contributed by atoms with Gasteiger partial charge in [-0.3, -0.25) is 5.14 Å². The highest BCUT2D eigenvalue weighted by molar-refractivity contribution is 7.97. The Morgan fingerprint density at radius 1 is 1.42 bits per heavy atom. The number of pyridine rings is 1. The second kappa shape index (κ2) is 6.27. The predicted octanol–water partition coefficient (Wildman–Crippen LogP) is 2.62. The summed E-state index contributed by atoms with van der Waals surface area (Å²) in [5, 5.41) is 15.2. The topological polar surface area (TPSA) is 65.9 Å². The third-order valence-electron chi connectivity index (χ3n) is 3.96. The quantitative estimate of drug-likeness (QED) is 0.860. The van der Waals surface area contributed by atoms with E-state index in [-0.39, 0.29) is 0 Å². The molecule has 0 aliphatic heterocycles. The van der Waals surface area contributed by atoms with E-state index < -0.39 is 0 Å². The molecule has 1 saturated carbocycles. The Morgan fingerprint density at radius 3 is 2.63 bits per heavy atom. The lowest BCUT2D eigenvalue weighted by molar-refractivity contribution is 0.436. The number of anilines is 1. The van der Waals surface area contributed by atoms with Crippen molar-refractivity contribution in [1.29, 1.82) is 5.26 Å². The number of aryl methyl sites for hydroxylation is 1. The van der Waals surface area contributed by atoms with Crippen LogP contribution in [0, 0.1) is 18.3 Å². The third kappa shape index (κ3) is 3.20. The van der Waals surface area contributed by atoms with Crippen LogP contribution in [0.25, 0.3) is 0 Å². The Hall–Kier alpha value is -1.25. The van der Waals surface area contributed by atoms with Crippen molar-refractivity contribution in [2.45, 2.75) is 43.9 Å². The highest BCUT2D eigenvalue weighted by Gasteiger charge is 2.24. The second-order valence-electron chi connectivity index (χ2n) is 5.15. The van der Waals surface area contributed by atoms with Gasteiger partial charge >= 0.3 is 0 Å². The van der Waals surface area contributed by atoms with Crippen molar-refractivity contribution < 1.29 is 0 Å². The van der Waals surface area contributed by atoms with Crippen LogP contribution in [0.15, 0.2) is 12.3 Å². The summed E-state index contributed by atoms with van der Waals surface area (Å²) in [6.07, 6.45) is 6.50. The van der Waals surface area contributed by atoms with E-state index in [1.165, 1.54) is 37.6 Å². The van der Waals surface area contributed by atoms with Crippen LogP contribution >= 0.6 is 11.9 Å². The molecule has 0 amide bonds. The van der Waals surface area contributed by atoms with Crippen molar-refractivity contribution in [2.75, 3.05) is 11.9 Å². The summed E-state index contributed by atoms with van der Waals surface area (Å²) in [6, 6.07) is 4.71. The van der Waals surface area contributed by atoms with Crippen LogP contribution in [0.1, 0.15) is 36.9 Å². The molecule has 19 heavy (non-hydrogen) atoms. The SMILES string of the molecule is Cc1cc(N(C)C2CCC(SN)CC2)cnc1C#N. The van der Waals surface area contributed by atoms with Gasteiger partial charge in [-0.05, 0) is 44.2 Å². The Balaban J connectivity index is 2.06. The first-order valence-corrected chi connectivity index (χ1v) is 7.55. The second-order valence-corrected chi connectivity index (χ2v) is 6.09. The van der Waals surface area contributed by atoms with Crippen LogP contribution in [0.3, 0.4) is 0 Å². The van der Waals surface area contributed by atoms with Crippen LogP contribution < -0.4 is 10.0 Å². The van der Waals surface area contributed by atoms with Crippen LogP contribution in [-0.4, -0.2) is 23.3 Å². The molecule has 0 unspecified atom stereocenters. The molecule has 102 valence electrons. The van der Waals surface area contributed by atoms with E-state index in [0.717, 1.165) is 11.3 Å². The van der Waals surface area contributed by atoms with E-state index in [4.69, 9.17) is 10.4 Å². The Kier molecular flexibility index (Phi) is 4.67. The molecule has 5 heteroatoms. The fourth-order valence-corrected chi connectivity index (χ4v) is 3.19. The largest absolute Gasteiger partial charge is 0.370 e. The highest BCUT2D eigenvalue weighted by atomic mass is 32.2. The minimum absolute atomic E-state index is 0.514. The minimum Gasteiger partial charge on any atom is -0.370 e. The molecule has 1 aromatic heterocycles. The van der Waals surface area contributed by atoms with E-state index in [2.05, 4.69) is 29.1 Å². The number of aromatic nitrogens is 1. The van der Waals surface area contributed by atoms with Gasteiger partial charge in [-0.15, -0.1) is 0 Å². The van der Waals surface area contributed by atoms with E-state index in [1.54, 1.807) is 6.20 Å². The van der Waals surface area contributed by atoms with Gasteiger partial charge in [-0.25, -0.2) is 4.98 Å². The molecular weight excluding hydrogens is 256 g/mol. The van der Waals surface area contributed by atoms with Gasteiger partial charge in [0.2, 0.25) is 0 Å². The molecule has 1 aromatic rings. The van der Waals surface area contributed by atoms with Gasteiger partial charge in [0, 0.05) is 18.3 Å². The van der Waals surface area contributed by atoms with Gasteiger partial charge in [-0.1, -0.05) is 11.9 Å². The molecule has 2 N–H and O–H groups in total. The number of nitrogens with two attached hydrogens (primary N) is 1. The molecular formula is C14H20N4S. The number of hydrogen-bond acceptors (Lipinski definition) is 5. The first-order valence-electron chi connectivity index (χ1n) is 6.60. The molecule has 2 rings (SSSR count). The zero-order valence-corrected chi connectivity index (χ0v) is 12.3. The van der Waals surface area contributed by atoms with Crippen molar-refractivity contribution in [2.24, 2.45) is 5.14 Å². The number of rotatable bonds is 3. The highest BCUT2D eigenvalue weighted by Crippen LogP contribution is 2.30. The van der Waals surface area contributed by atoms with Crippen molar-refractivity contribution in [3.63, 3.8) is 0 Å². The Labute approximate surface area is 119 Å². The van der Waals surface area contributed by atoms with Gasteiger partial charge in [0.1, 0.15) is 11.8 Å². The summed E-state index contributed by atoms with van der Waals surface area (Å²) in [7, 11) is 2.11. The lowest BCUT2D eigenvalue weighted by Crippen LogP contribution is -2.36. The smallest absolute Gasteiger partial charge is 0.143 e. The van der Waals surface area contributed by atoms with Gasteiger partial charge in [0.05, 0.1) is 11.9 Å². The summed E-state index contributed by atoms with van der Waals surface area (Å²) in [5.74, 6) is 0. The maximum absolute atomic E-state index is 8.91. The van der Waals surface area contributed by atoms with Gasteiger partial charge in [0.25, 0.3) is 0 Å². The van der Waals surface area contributed by atoms with Crippen LogP contribution in [0.5, 0.6) is 0 Å². The van der Waals surface area contributed by atoms with Crippen LogP contribution in [-0.2, 0) is 0 Å². The predicted molar refractivity (Wildman–Crippen MR) is 79.9 cm³/mol. The molecule has 1 aliphatic carbocycles. The maximum Gasteiger partial charge on any atom is 0.143 e. The van der Waals surface area contributed by atoms with Crippen molar-refractivity contribution >= 4 is 17.6 Å². The van der Waals surface area contributed by atoms with Crippen LogP contribution in [0.2, 0.25) is 0 Å². The molecule has 0 atom stereocenters. The zero-order valence-electron chi connectivity index (χ0n) is 11.5.